The molecule has 1 N–H and O–H groups in total. The van der Waals surface area contributed by atoms with Crippen molar-refractivity contribution in [2.24, 2.45) is 0 Å². The molecule has 0 spiro atoms. The Morgan fingerprint density at radius 2 is 2.42 bits per heavy atom. The average molecular weight is 165 g/mol. The van der Waals surface area contributed by atoms with E-state index < -0.39 is 0 Å². The predicted molar refractivity (Wildman–Crippen MR) is 45.2 cm³/mol. The Hall–Kier alpha value is -1.09. The quantitative estimate of drug-likeness (QED) is 0.616. The molecule has 0 saturated heterocycles. The van der Waals surface area contributed by atoms with Gasteiger partial charge < -0.3 is 9.72 Å². The van der Waals surface area contributed by atoms with Crippen LogP contribution < -0.4 is 5.43 Å². The number of aromatic nitrogens is 1. The zero-order chi connectivity index (χ0) is 8.55. The number of hydrogen-bond acceptors (Lipinski definition) is 2. The number of nitrogens with one attached hydrogen (secondary N) is 1. The summed E-state index contributed by atoms with van der Waals surface area (Å²) in [5, 5.41) is 0. The summed E-state index contributed by atoms with van der Waals surface area (Å²) in [7, 11) is 0. The van der Waals surface area contributed by atoms with Gasteiger partial charge in [-0.05, 0) is 6.92 Å². The first-order valence-electron chi connectivity index (χ1n) is 4.07. The van der Waals surface area contributed by atoms with Gasteiger partial charge in [0.25, 0.3) is 0 Å². The second-order valence-corrected chi connectivity index (χ2v) is 3.08. The normalized spacial score (nSPS) is 15.8. The van der Waals surface area contributed by atoms with E-state index in [9.17, 15) is 4.79 Å². The average Bonchev–Trinajstić information content (AvgIpc) is 2.04. The van der Waals surface area contributed by atoms with E-state index in [1.54, 1.807) is 6.07 Å². The Morgan fingerprint density at radius 1 is 1.58 bits per heavy atom. The fraction of sp³-hybridized carbons (Fsp3) is 0.444. The van der Waals surface area contributed by atoms with Gasteiger partial charge in [-0.25, -0.2) is 0 Å². The molecule has 64 valence electrons. The molecule has 0 unspecified atom stereocenters. The highest BCUT2D eigenvalue weighted by Gasteiger charge is 2.12. The SMILES string of the molecule is Cc1cc(=O)c2c([nH]1)CCOC2. The van der Waals surface area contributed by atoms with E-state index in [0.29, 0.717) is 13.2 Å². The van der Waals surface area contributed by atoms with E-state index in [4.69, 9.17) is 4.74 Å². The molecule has 2 heterocycles. The fourth-order valence-electron chi connectivity index (χ4n) is 1.50. The number of rotatable bonds is 0. The molecule has 0 saturated carbocycles. The first-order valence-corrected chi connectivity index (χ1v) is 4.07. The molecule has 3 heteroatoms. The van der Waals surface area contributed by atoms with Gasteiger partial charge in [0.15, 0.2) is 5.43 Å². The molecule has 0 aliphatic carbocycles. The molecule has 12 heavy (non-hydrogen) atoms. The van der Waals surface area contributed by atoms with Crippen LogP contribution in [0.25, 0.3) is 0 Å². The number of fused-ring (bicyclic) bond motifs is 1. The summed E-state index contributed by atoms with van der Waals surface area (Å²) in [6, 6.07) is 1.62. The monoisotopic (exact) mass is 165 g/mol. The molecule has 0 aromatic carbocycles. The van der Waals surface area contributed by atoms with Crippen molar-refractivity contribution in [3.63, 3.8) is 0 Å². The molecular weight excluding hydrogens is 154 g/mol. The van der Waals surface area contributed by atoms with Crippen LogP contribution in [0.1, 0.15) is 17.0 Å². The van der Waals surface area contributed by atoms with Gasteiger partial charge in [0.1, 0.15) is 0 Å². The highest BCUT2D eigenvalue weighted by molar-refractivity contribution is 5.23. The van der Waals surface area contributed by atoms with Crippen LogP contribution in [0.5, 0.6) is 0 Å². The van der Waals surface area contributed by atoms with Crippen molar-refractivity contribution in [1.29, 1.82) is 0 Å². The second kappa shape index (κ2) is 2.75. The maximum Gasteiger partial charge on any atom is 0.187 e. The molecule has 3 nitrogen and oxygen atoms in total. The molecule has 0 bridgehead atoms. The maximum absolute atomic E-state index is 11.4. The van der Waals surface area contributed by atoms with Crippen LogP contribution in [0.3, 0.4) is 0 Å². The van der Waals surface area contributed by atoms with Crippen molar-refractivity contribution < 1.29 is 4.74 Å². The molecule has 0 fully saturated rings. The van der Waals surface area contributed by atoms with Gasteiger partial charge >= 0.3 is 0 Å². The molecule has 0 amide bonds. The molecule has 0 radical (unpaired) electrons. The summed E-state index contributed by atoms with van der Waals surface area (Å²) in [5.41, 5.74) is 2.87. The minimum absolute atomic E-state index is 0.0981. The Kier molecular flexibility index (Phi) is 1.73. The van der Waals surface area contributed by atoms with E-state index in [2.05, 4.69) is 4.98 Å². The van der Waals surface area contributed by atoms with Gasteiger partial charge in [-0.2, -0.15) is 0 Å². The number of pyridine rings is 1. The largest absolute Gasteiger partial charge is 0.376 e. The maximum atomic E-state index is 11.4. The molecule has 1 aliphatic heterocycles. The van der Waals surface area contributed by atoms with Crippen LogP contribution in [0.2, 0.25) is 0 Å². The lowest BCUT2D eigenvalue weighted by molar-refractivity contribution is 0.108. The first-order chi connectivity index (χ1) is 5.77. The number of hydrogen-bond donors (Lipinski definition) is 1. The van der Waals surface area contributed by atoms with Crippen LogP contribution in [-0.4, -0.2) is 11.6 Å². The molecule has 0 atom stereocenters. The Bertz CT molecular complexity index is 354. The lowest BCUT2D eigenvalue weighted by atomic mass is 10.1. The van der Waals surface area contributed by atoms with Crippen molar-refractivity contribution in [3.05, 3.63) is 33.2 Å². The summed E-state index contributed by atoms with van der Waals surface area (Å²) in [5.74, 6) is 0. The highest BCUT2D eigenvalue weighted by atomic mass is 16.5. The van der Waals surface area contributed by atoms with Crippen LogP contribution >= 0.6 is 0 Å². The van der Waals surface area contributed by atoms with Crippen molar-refractivity contribution in [2.45, 2.75) is 20.0 Å². The summed E-state index contributed by atoms with van der Waals surface area (Å²) in [6.07, 6.45) is 0.826. The van der Waals surface area contributed by atoms with Crippen LogP contribution in [0, 0.1) is 6.92 Å². The third kappa shape index (κ3) is 1.16. The van der Waals surface area contributed by atoms with Gasteiger partial charge in [-0.1, -0.05) is 0 Å². The van der Waals surface area contributed by atoms with E-state index in [1.165, 1.54) is 0 Å². The third-order valence-corrected chi connectivity index (χ3v) is 2.10. The minimum Gasteiger partial charge on any atom is -0.376 e. The lowest BCUT2D eigenvalue weighted by Gasteiger charge is -2.15. The fourth-order valence-corrected chi connectivity index (χ4v) is 1.50. The van der Waals surface area contributed by atoms with Crippen LogP contribution in [0.4, 0.5) is 0 Å². The summed E-state index contributed by atoms with van der Waals surface area (Å²) in [6.45, 7) is 3.08. The van der Waals surface area contributed by atoms with Crippen molar-refractivity contribution >= 4 is 0 Å². The summed E-state index contributed by atoms with van der Waals surface area (Å²) in [4.78, 5) is 14.6. The Morgan fingerprint density at radius 3 is 3.25 bits per heavy atom. The van der Waals surface area contributed by atoms with Crippen LogP contribution in [-0.2, 0) is 17.8 Å². The van der Waals surface area contributed by atoms with Crippen molar-refractivity contribution in [1.82, 2.24) is 4.98 Å². The van der Waals surface area contributed by atoms with E-state index >= 15 is 0 Å². The topological polar surface area (TPSA) is 42.1 Å². The number of aryl methyl sites for hydroxylation is 1. The first kappa shape index (κ1) is 7.55. The lowest BCUT2D eigenvalue weighted by Crippen LogP contribution is -2.21. The van der Waals surface area contributed by atoms with Gasteiger partial charge in [0.2, 0.25) is 0 Å². The van der Waals surface area contributed by atoms with E-state index in [0.717, 1.165) is 23.4 Å². The smallest absolute Gasteiger partial charge is 0.187 e. The standard InChI is InChI=1S/C9H11NO2/c1-6-4-9(11)7-5-12-3-2-8(7)10-6/h4H,2-3,5H2,1H3,(H,10,11). The highest BCUT2D eigenvalue weighted by Crippen LogP contribution is 2.10. The van der Waals surface area contributed by atoms with Gasteiger partial charge in [-0.3, -0.25) is 4.79 Å². The van der Waals surface area contributed by atoms with Crippen molar-refractivity contribution in [3.8, 4) is 0 Å². The Balaban J connectivity index is 2.60. The third-order valence-electron chi connectivity index (χ3n) is 2.10. The van der Waals surface area contributed by atoms with Gasteiger partial charge in [0.05, 0.1) is 13.2 Å². The predicted octanol–water partition coefficient (Wildman–Crippen LogP) is 0.756. The zero-order valence-corrected chi connectivity index (χ0v) is 7.02. The van der Waals surface area contributed by atoms with E-state index in [1.807, 2.05) is 6.92 Å². The van der Waals surface area contributed by atoms with E-state index in [-0.39, 0.29) is 5.43 Å². The molecule has 1 aliphatic rings. The molecular formula is C9H11NO2. The van der Waals surface area contributed by atoms with Crippen LogP contribution in [0.15, 0.2) is 10.9 Å². The number of aromatic amines is 1. The van der Waals surface area contributed by atoms with Gasteiger partial charge in [-0.15, -0.1) is 0 Å². The molecule has 1 aromatic rings. The number of ether oxygens (including phenoxy) is 1. The summed E-state index contributed by atoms with van der Waals surface area (Å²) < 4.78 is 5.20. The summed E-state index contributed by atoms with van der Waals surface area (Å²) >= 11 is 0. The minimum atomic E-state index is 0.0981. The second-order valence-electron chi connectivity index (χ2n) is 3.08. The van der Waals surface area contributed by atoms with Gasteiger partial charge in [0, 0.05) is 29.4 Å². The molecule has 1 aromatic heterocycles. The zero-order valence-electron chi connectivity index (χ0n) is 7.02. The number of H-pyrrole nitrogens is 1. The molecule has 2 rings (SSSR count). The van der Waals surface area contributed by atoms with Crippen molar-refractivity contribution in [2.75, 3.05) is 6.61 Å². The Labute approximate surface area is 70.4 Å².